The third-order valence-corrected chi connectivity index (χ3v) is 2.71. The molecule has 1 aromatic rings. The van der Waals surface area contributed by atoms with Crippen molar-refractivity contribution in [3.63, 3.8) is 0 Å². The van der Waals surface area contributed by atoms with Crippen molar-refractivity contribution in [2.24, 2.45) is 5.92 Å². The van der Waals surface area contributed by atoms with E-state index < -0.39 is 5.97 Å². The molecule has 19 heavy (non-hydrogen) atoms. The quantitative estimate of drug-likeness (QED) is 0.467. The number of anilines is 1. The smallest absolute Gasteiger partial charge is 0.341 e. The molecule has 1 aromatic carbocycles. The van der Waals surface area contributed by atoms with Gasteiger partial charge < -0.3 is 15.2 Å². The molecule has 0 atom stereocenters. The molecule has 0 bridgehead atoms. The minimum atomic E-state index is -0.395. The number of esters is 1. The zero-order valence-electron chi connectivity index (χ0n) is 11.9. The van der Waals surface area contributed by atoms with Crippen molar-refractivity contribution in [1.82, 2.24) is 0 Å². The second-order valence-electron chi connectivity index (χ2n) is 4.83. The molecule has 0 fully saturated rings. The summed E-state index contributed by atoms with van der Waals surface area (Å²) < 4.78 is 10.7. The minimum absolute atomic E-state index is 0.334. The number of nitrogen functional groups attached to an aromatic ring is 1. The molecule has 0 spiro atoms. The third-order valence-electron chi connectivity index (χ3n) is 2.71. The highest BCUT2D eigenvalue weighted by Crippen LogP contribution is 2.27. The van der Waals surface area contributed by atoms with Crippen LogP contribution in [0.15, 0.2) is 18.2 Å². The van der Waals surface area contributed by atoms with E-state index >= 15 is 0 Å². The van der Waals surface area contributed by atoms with Crippen molar-refractivity contribution < 1.29 is 14.3 Å². The standard InChI is InChI=1S/C15H23NO3/c1-4-18-15(17)12-8-5-9-13(16)14(12)19-10-6-7-11(2)3/h5,8-9,11H,4,6-7,10,16H2,1-3H3. The Hall–Kier alpha value is -1.71. The maximum atomic E-state index is 11.8. The maximum absolute atomic E-state index is 11.8. The van der Waals surface area contributed by atoms with Gasteiger partial charge in [0.15, 0.2) is 5.75 Å². The number of hydrogen-bond acceptors (Lipinski definition) is 4. The van der Waals surface area contributed by atoms with Gasteiger partial charge in [-0.1, -0.05) is 19.9 Å². The van der Waals surface area contributed by atoms with E-state index in [4.69, 9.17) is 15.2 Å². The van der Waals surface area contributed by atoms with Crippen LogP contribution in [-0.2, 0) is 4.74 Å². The molecule has 4 nitrogen and oxygen atoms in total. The number of benzene rings is 1. The number of carbonyl (C=O) groups is 1. The van der Waals surface area contributed by atoms with Gasteiger partial charge >= 0.3 is 5.97 Å². The highest BCUT2D eigenvalue weighted by Gasteiger charge is 2.16. The number of hydrogen-bond donors (Lipinski definition) is 1. The van der Waals surface area contributed by atoms with E-state index in [2.05, 4.69) is 13.8 Å². The Kier molecular flexibility index (Phi) is 6.19. The maximum Gasteiger partial charge on any atom is 0.341 e. The summed E-state index contributed by atoms with van der Waals surface area (Å²) in [6.45, 7) is 6.99. The summed E-state index contributed by atoms with van der Waals surface area (Å²) in [7, 11) is 0. The Balaban J connectivity index is 2.72. The summed E-state index contributed by atoms with van der Waals surface area (Å²) in [5.74, 6) is 0.680. The molecule has 0 aliphatic carbocycles. The van der Waals surface area contributed by atoms with Crippen LogP contribution in [0.25, 0.3) is 0 Å². The fraction of sp³-hybridized carbons (Fsp3) is 0.533. The summed E-state index contributed by atoms with van der Waals surface area (Å²) in [4.78, 5) is 11.8. The van der Waals surface area contributed by atoms with Crippen molar-refractivity contribution in [2.45, 2.75) is 33.6 Å². The Morgan fingerprint density at radius 1 is 1.37 bits per heavy atom. The Labute approximate surface area is 114 Å². The van der Waals surface area contributed by atoms with Gasteiger partial charge in [0.05, 0.1) is 18.9 Å². The number of rotatable bonds is 7. The van der Waals surface area contributed by atoms with Gasteiger partial charge in [-0.25, -0.2) is 4.79 Å². The van der Waals surface area contributed by atoms with Gasteiger partial charge in [0.1, 0.15) is 5.56 Å². The first-order chi connectivity index (χ1) is 9.06. The number of ether oxygens (including phenoxy) is 2. The van der Waals surface area contributed by atoms with E-state index in [-0.39, 0.29) is 0 Å². The van der Waals surface area contributed by atoms with Crippen LogP contribution in [0.2, 0.25) is 0 Å². The van der Waals surface area contributed by atoms with Gasteiger partial charge in [-0.3, -0.25) is 0 Å². The fourth-order valence-electron chi connectivity index (χ4n) is 1.75. The predicted molar refractivity (Wildman–Crippen MR) is 76.4 cm³/mol. The zero-order chi connectivity index (χ0) is 14.3. The highest BCUT2D eigenvalue weighted by molar-refractivity contribution is 5.94. The fourth-order valence-corrected chi connectivity index (χ4v) is 1.75. The average molecular weight is 265 g/mol. The molecule has 0 aliphatic heterocycles. The molecule has 0 heterocycles. The van der Waals surface area contributed by atoms with E-state index in [0.717, 1.165) is 12.8 Å². The Morgan fingerprint density at radius 3 is 2.74 bits per heavy atom. The molecule has 0 amide bonds. The lowest BCUT2D eigenvalue weighted by Gasteiger charge is -2.13. The van der Waals surface area contributed by atoms with E-state index in [1.807, 2.05) is 0 Å². The summed E-state index contributed by atoms with van der Waals surface area (Å²) >= 11 is 0. The second kappa shape index (κ2) is 7.67. The molecule has 0 aliphatic rings. The lowest BCUT2D eigenvalue weighted by atomic mass is 10.1. The van der Waals surface area contributed by atoms with Crippen molar-refractivity contribution >= 4 is 11.7 Å². The van der Waals surface area contributed by atoms with E-state index in [0.29, 0.717) is 36.1 Å². The highest BCUT2D eigenvalue weighted by atomic mass is 16.5. The van der Waals surface area contributed by atoms with Crippen LogP contribution in [0.5, 0.6) is 5.75 Å². The van der Waals surface area contributed by atoms with Gasteiger partial charge in [-0.15, -0.1) is 0 Å². The van der Waals surface area contributed by atoms with Crippen LogP contribution in [-0.4, -0.2) is 19.2 Å². The molecule has 1 rings (SSSR count). The minimum Gasteiger partial charge on any atom is -0.491 e. The third kappa shape index (κ3) is 4.81. The summed E-state index contributed by atoms with van der Waals surface area (Å²) in [5, 5.41) is 0. The number of para-hydroxylation sites is 1. The molecule has 2 N–H and O–H groups in total. The Bertz CT molecular complexity index is 416. The molecule has 0 saturated heterocycles. The van der Waals surface area contributed by atoms with Gasteiger partial charge in [0.2, 0.25) is 0 Å². The molecule has 106 valence electrons. The molecule has 0 unspecified atom stereocenters. The van der Waals surface area contributed by atoms with Crippen molar-refractivity contribution in [1.29, 1.82) is 0 Å². The Morgan fingerprint density at radius 2 is 2.11 bits per heavy atom. The summed E-state index contributed by atoms with van der Waals surface area (Å²) in [5.41, 5.74) is 6.73. The first kappa shape index (κ1) is 15.3. The average Bonchev–Trinajstić information content (AvgIpc) is 2.36. The lowest BCUT2D eigenvalue weighted by Crippen LogP contribution is -2.10. The van der Waals surface area contributed by atoms with Crippen LogP contribution in [0.1, 0.15) is 44.0 Å². The van der Waals surface area contributed by atoms with Crippen LogP contribution in [0.4, 0.5) is 5.69 Å². The lowest BCUT2D eigenvalue weighted by molar-refractivity contribution is 0.0521. The van der Waals surface area contributed by atoms with Crippen LogP contribution in [0.3, 0.4) is 0 Å². The van der Waals surface area contributed by atoms with Crippen LogP contribution >= 0.6 is 0 Å². The molecular formula is C15H23NO3. The zero-order valence-corrected chi connectivity index (χ0v) is 11.9. The molecule has 0 aromatic heterocycles. The normalized spacial score (nSPS) is 10.5. The van der Waals surface area contributed by atoms with Gasteiger partial charge in [-0.2, -0.15) is 0 Å². The SMILES string of the molecule is CCOC(=O)c1cccc(N)c1OCCCC(C)C. The van der Waals surface area contributed by atoms with E-state index in [1.165, 1.54) is 0 Å². The monoisotopic (exact) mass is 265 g/mol. The van der Waals surface area contributed by atoms with Crippen molar-refractivity contribution in [3.05, 3.63) is 23.8 Å². The van der Waals surface area contributed by atoms with Crippen molar-refractivity contribution in [3.8, 4) is 5.75 Å². The van der Waals surface area contributed by atoms with Gasteiger partial charge in [-0.05, 0) is 37.8 Å². The molecular weight excluding hydrogens is 242 g/mol. The summed E-state index contributed by atoms with van der Waals surface area (Å²) in [6.07, 6.45) is 2.02. The summed E-state index contributed by atoms with van der Waals surface area (Å²) in [6, 6.07) is 5.12. The topological polar surface area (TPSA) is 61.5 Å². The largest absolute Gasteiger partial charge is 0.491 e. The molecule has 0 radical (unpaired) electrons. The van der Waals surface area contributed by atoms with Crippen molar-refractivity contribution in [2.75, 3.05) is 18.9 Å². The second-order valence-corrected chi connectivity index (χ2v) is 4.83. The first-order valence-corrected chi connectivity index (χ1v) is 6.74. The van der Waals surface area contributed by atoms with E-state index in [9.17, 15) is 4.79 Å². The number of carbonyl (C=O) groups excluding carboxylic acids is 1. The first-order valence-electron chi connectivity index (χ1n) is 6.74. The predicted octanol–water partition coefficient (Wildman–Crippen LogP) is 3.26. The van der Waals surface area contributed by atoms with Crippen LogP contribution < -0.4 is 10.5 Å². The molecule has 0 saturated carbocycles. The van der Waals surface area contributed by atoms with Gasteiger partial charge in [0.25, 0.3) is 0 Å². The van der Waals surface area contributed by atoms with Gasteiger partial charge in [0, 0.05) is 0 Å². The van der Waals surface area contributed by atoms with Crippen LogP contribution in [0, 0.1) is 5.92 Å². The molecule has 4 heteroatoms. The van der Waals surface area contributed by atoms with E-state index in [1.54, 1.807) is 25.1 Å². The number of nitrogens with two attached hydrogens (primary N) is 1.